The van der Waals surface area contributed by atoms with Gasteiger partial charge in [-0.3, -0.25) is 0 Å². The van der Waals surface area contributed by atoms with Gasteiger partial charge in [0.05, 0.1) is 11.6 Å². The van der Waals surface area contributed by atoms with Crippen LogP contribution in [0.2, 0.25) is 0 Å². The lowest BCUT2D eigenvalue weighted by atomic mass is 9.97. The van der Waals surface area contributed by atoms with Gasteiger partial charge >= 0.3 is 0 Å². The lowest BCUT2D eigenvalue weighted by molar-refractivity contribution is 1.07. The van der Waals surface area contributed by atoms with Gasteiger partial charge in [0.2, 0.25) is 0 Å². The second-order valence-corrected chi connectivity index (χ2v) is 8.89. The zero-order chi connectivity index (χ0) is 25.7. The van der Waals surface area contributed by atoms with Gasteiger partial charge in [0, 0.05) is 16.7 Å². The molecule has 4 heteroatoms. The van der Waals surface area contributed by atoms with Gasteiger partial charge in [-0.1, -0.05) is 109 Å². The molecule has 0 radical (unpaired) electrons. The van der Waals surface area contributed by atoms with Crippen molar-refractivity contribution in [3.63, 3.8) is 0 Å². The van der Waals surface area contributed by atoms with Crippen molar-refractivity contribution < 1.29 is 0 Å². The molecule has 0 bridgehead atoms. The van der Waals surface area contributed by atoms with Crippen LogP contribution in [-0.2, 0) is 0 Å². The molecular weight excluding hydrogens is 464 g/mol. The highest BCUT2D eigenvalue weighted by Gasteiger charge is 2.13. The fourth-order valence-corrected chi connectivity index (χ4v) is 4.39. The summed E-state index contributed by atoms with van der Waals surface area (Å²) in [5, 5.41) is 9.11. The fourth-order valence-electron chi connectivity index (χ4n) is 4.39. The molecule has 38 heavy (non-hydrogen) atoms. The first-order valence-electron chi connectivity index (χ1n) is 12.4. The summed E-state index contributed by atoms with van der Waals surface area (Å²) in [5.41, 5.74) is 7.78. The molecule has 1 aromatic heterocycles. The van der Waals surface area contributed by atoms with Crippen molar-refractivity contribution in [1.82, 2.24) is 15.0 Å². The molecule has 0 amide bonds. The molecule has 0 aliphatic rings. The van der Waals surface area contributed by atoms with Crippen LogP contribution in [0, 0.1) is 11.3 Å². The van der Waals surface area contributed by atoms with E-state index in [0.717, 1.165) is 38.9 Å². The van der Waals surface area contributed by atoms with Crippen LogP contribution in [0.1, 0.15) is 5.56 Å². The third-order valence-corrected chi connectivity index (χ3v) is 6.36. The fraction of sp³-hybridized carbons (Fsp3) is 0. The minimum Gasteiger partial charge on any atom is -0.208 e. The Morgan fingerprint density at radius 1 is 0.368 bits per heavy atom. The van der Waals surface area contributed by atoms with E-state index in [-0.39, 0.29) is 0 Å². The number of hydrogen-bond donors (Lipinski definition) is 0. The van der Waals surface area contributed by atoms with Crippen LogP contribution in [0.3, 0.4) is 0 Å². The Kier molecular flexibility index (Phi) is 6.24. The lowest BCUT2D eigenvalue weighted by Crippen LogP contribution is -2.00. The van der Waals surface area contributed by atoms with Gasteiger partial charge < -0.3 is 0 Å². The molecule has 0 unspecified atom stereocenters. The van der Waals surface area contributed by atoms with Gasteiger partial charge in [-0.2, -0.15) is 5.26 Å². The largest absolute Gasteiger partial charge is 0.208 e. The van der Waals surface area contributed by atoms with E-state index in [2.05, 4.69) is 42.5 Å². The van der Waals surface area contributed by atoms with Crippen LogP contribution in [0.5, 0.6) is 0 Å². The lowest BCUT2D eigenvalue weighted by Gasteiger charge is -2.10. The van der Waals surface area contributed by atoms with E-state index >= 15 is 0 Å². The highest BCUT2D eigenvalue weighted by atomic mass is 15.0. The monoisotopic (exact) mass is 486 g/mol. The average Bonchev–Trinajstić information content (AvgIpc) is 3.02. The quantitative estimate of drug-likeness (QED) is 0.247. The summed E-state index contributed by atoms with van der Waals surface area (Å²) in [7, 11) is 0. The number of nitriles is 1. The second kappa shape index (κ2) is 10.3. The number of hydrogen-bond acceptors (Lipinski definition) is 4. The normalized spacial score (nSPS) is 10.6. The van der Waals surface area contributed by atoms with Crippen LogP contribution in [-0.4, -0.2) is 15.0 Å². The Hall–Kier alpha value is -5.40. The predicted molar refractivity (Wildman–Crippen MR) is 152 cm³/mol. The van der Waals surface area contributed by atoms with E-state index in [9.17, 15) is 0 Å². The molecule has 0 spiro atoms. The molecule has 0 saturated carbocycles. The van der Waals surface area contributed by atoms with E-state index in [1.54, 1.807) is 0 Å². The van der Waals surface area contributed by atoms with Gasteiger partial charge in [-0.15, -0.1) is 0 Å². The minimum absolute atomic E-state index is 0.628. The molecular formula is C34H22N4. The van der Waals surface area contributed by atoms with Crippen molar-refractivity contribution in [2.45, 2.75) is 0 Å². The number of nitrogens with zero attached hydrogens (tertiary/aromatic N) is 4. The van der Waals surface area contributed by atoms with Crippen molar-refractivity contribution in [3.8, 4) is 62.5 Å². The molecule has 0 N–H and O–H groups in total. The van der Waals surface area contributed by atoms with Crippen molar-refractivity contribution in [2.24, 2.45) is 0 Å². The van der Waals surface area contributed by atoms with E-state index in [1.807, 2.05) is 97.1 Å². The van der Waals surface area contributed by atoms with Gasteiger partial charge in [-0.25, -0.2) is 15.0 Å². The minimum atomic E-state index is 0.628. The van der Waals surface area contributed by atoms with Crippen LogP contribution in [0.25, 0.3) is 56.4 Å². The summed E-state index contributed by atoms with van der Waals surface area (Å²) < 4.78 is 0. The van der Waals surface area contributed by atoms with Crippen LogP contribution >= 0.6 is 0 Å². The molecule has 6 rings (SSSR count). The molecule has 0 saturated heterocycles. The molecule has 178 valence electrons. The molecule has 1 heterocycles. The first kappa shape index (κ1) is 23.0. The molecule has 0 fully saturated rings. The summed E-state index contributed by atoms with van der Waals surface area (Å²) in [6, 6.07) is 46.5. The van der Waals surface area contributed by atoms with Crippen LogP contribution < -0.4 is 0 Å². The maximum Gasteiger partial charge on any atom is 0.164 e. The van der Waals surface area contributed by atoms with Crippen molar-refractivity contribution in [2.75, 3.05) is 0 Å². The molecule has 0 aliphatic heterocycles. The topological polar surface area (TPSA) is 62.5 Å². The summed E-state index contributed by atoms with van der Waals surface area (Å²) >= 11 is 0. The van der Waals surface area contributed by atoms with E-state index < -0.39 is 0 Å². The van der Waals surface area contributed by atoms with Crippen molar-refractivity contribution in [3.05, 3.63) is 139 Å². The highest BCUT2D eigenvalue weighted by molar-refractivity contribution is 5.76. The predicted octanol–water partition coefficient (Wildman–Crippen LogP) is 8.08. The maximum atomic E-state index is 9.11. The summed E-state index contributed by atoms with van der Waals surface area (Å²) in [5.74, 6) is 1.91. The zero-order valence-electron chi connectivity index (χ0n) is 20.5. The third-order valence-electron chi connectivity index (χ3n) is 6.36. The summed E-state index contributed by atoms with van der Waals surface area (Å²) in [6.45, 7) is 0. The van der Waals surface area contributed by atoms with Crippen molar-refractivity contribution >= 4 is 0 Å². The summed E-state index contributed by atoms with van der Waals surface area (Å²) in [4.78, 5) is 14.5. The Bertz CT molecular complexity index is 1700. The second-order valence-electron chi connectivity index (χ2n) is 8.89. The Labute approximate surface area is 221 Å². The van der Waals surface area contributed by atoms with E-state index in [4.69, 9.17) is 20.2 Å². The van der Waals surface area contributed by atoms with Gasteiger partial charge in [0.25, 0.3) is 0 Å². The molecule has 6 aromatic rings. The maximum absolute atomic E-state index is 9.11. The first-order valence-corrected chi connectivity index (χ1v) is 12.4. The molecule has 4 nitrogen and oxygen atoms in total. The Balaban J connectivity index is 1.42. The Morgan fingerprint density at radius 2 is 0.763 bits per heavy atom. The van der Waals surface area contributed by atoms with Crippen LogP contribution in [0.15, 0.2) is 133 Å². The first-order chi connectivity index (χ1) is 18.8. The van der Waals surface area contributed by atoms with Gasteiger partial charge in [-0.05, 0) is 46.5 Å². The van der Waals surface area contributed by atoms with Crippen LogP contribution in [0.4, 0.5) is 0 Å². The van der Waals surface area contributed by atoms with E-state index in [1.165, 1.54) is 0 Å². The number of aromatic nitrogens is 3. The SMILES string of the molecule is N#Cc1ccc(-c2cccc(-c3cccc(-c4nc(-c5ccccc5)nc(-c5ccccc5)n4)c3)c2)cc1. The average molecular weight is 487 g/mol. The standard InChI is InChI=1S/C34H22N4/c35-23-24-17-19-25(20-18-24)28-13-7-14-29(21-28)30-15-8-16-31(22-30)34-37-32(26-9-3-1-4-10-26)36-33(38-34)27-11-5-2-6-12-27/h1-22H. The zero-order valence-corrected chi connectivity index (χ0v) is 20.5. The summed E-state index contributed by atoms with van der Waals surface area (Å²) in [6.07, 6.45) is 0. The molecule has 0 atom stereocenters. The number of rotatable bonds is 5. The smallest absolute Gasteiger partial charge is 0.164 e. The number of benzene rings is 5. The molecule has 0 aliphatic carbocycles. The van der Waals surface area contributed by atoms with Gasteiger partial charge in [0.15, 0.2) is 17.5 Å². The molecule has 5 aromatic carbocycles. The highest BCUT2D eigenvalue weighted by Crippen LogP contribution is 2.30. The third kappa shape index (κ3) is 4.82. The van der Waals surface area contributed by atoms with Gasteiger partial charge in [0.1, 0.15) is 0 Å². The van der Waals surface area contributed by atoms with E-state index in [0.29, 0.717) is 23.0 Å². The Morgan fingerprint density at radius 3 is 1.26 bits per heavy atom. The van der Waals surface area contributed by atoms with Crippen molar-refractivity contribution in [1.29, 1.82) is 5.26 Å².